The van der Waals surface area contributed by atoms with Gasteiger partial charge in [-0.3, -0.25) is 14.7 Å². The average Bonchev–Trinajstić information content (AvgIpc) is 2.90. The normalized spacial score (nSPS) is 10.4. The van der Waals surface area contributed by atoms with E-state index in [1.54, 1.807) is 36.4 Å². The second-order valence-electron chi connectivity index (χ2n) is 4.36. The molecule has 2 aromatic carbocycles. The molecule has 0 aliphatic carbocycles. The number of aromatic nitrogens is 2. The molecule has 3 rings (SSSR count). The lowest BCUT2D eigenvalue weighted by atomic mass is 10.1. The minimum atomic E-state index is -0.343. The fourth-order valence-electron chi connectivity index (χ4n) is 2.05. The van der Waals surface area contributed by atoms with Crippen molar-refractivity contribution in [2.75, 3.05) is 0 Å². The lowest BCUT2D eigenvalue weighted by Gasteiger charge is -1.99. The van der Waals surface area contributed by atoms with Crippen molar-refractivity contribution in [1.29, 1.82) is 0 Å². The molecule has 98 valence electrons. The summed E-state index contributed by atoms with van der Waals surface area (Å²) in [7, 11) is 0. The Hall–Kier alpha value is -2.88. The molecule has 0 atom stereocenters. The number of rotatable bonds is 3. The Morgan fingerprint density at radius 1 is 0.900 bits per heavy atom. The number of hydrogen-bond acceptors (Lipinski definition) is 2. The van der Waals surface area contributed by atoms with Gasteiger partial charge in [-0.2, -0.15) is 0 Å². The Labute approximate surface area is 115 Å². The molecule has 0 saturated heterocycles. The maximum absolute atomic E-state index is 12.3. The monoisotopic (exact) mass is 264 g/mol. The first-order valence-corrected chi connectivity index (χ1v) is 6.23. The van der Waals surface area contributed by atoms with Crippen LogP contribution in [-0.4, -0.2) is 15.6 Å². The summed E-state index contributed by atoms with van der Waals surface area (Å²) in [5, 5.41) is 2.82. The number of para-hydroxylation sites is 1. The van der Waals surface area contributed by atoms with Crippen LogP contribution in [0.3, 0.4) is 0 Å². The van der Waals surface area contributed by atoms with Gasteiger partial charge in [0.25, 0.3) is 5.56 Å². The number of benzene rings is 2. The van der Waals surface area contributed by atoms with Crippen LogP contribution in [-0.2, 0) is 0 Å². The van der Waals surface area contributed by atoms with Crippen LogP contribution in [0.4, 0.5) is 0 Å². The zero-order valence-electron chi connectivity index (χ0n) is 10.6. The van der Waals surface area contributed by atoms with Crippen LogP contribution in [0.5, 0.6) is 0 Å². The predicted octanol–water partition coefficient (Wildman–Crippen LogP) is 2.40. The Balaban J connectivity index is 2.04. The van der Waals surface area contributed by atoms with Gasteiger partial charge >= 0.3 is 0 Å². The SMILES string of the molecule is O=C(c1ccccc1)c1c[nH]n(-c2ccccc2)c1=O. The van der Waals surface area contributed by atoms with Crippen molar-refractivity contribution in [3.05, 3.63) is 88.3 Å². The molecule has 4 heteroatoms. The summed E-state index contributed by atoms with van der Waals surface area (Å²) < 4.78 is 1.36. The Morgan fingerprint density at radius 3 is 2.15 bits per heavy atom. The second-order valence-corrected chi connectivity index (χ2v) is 4.36. The zero-order chi connectivity index (χ0) is 13.9. The minimum Gasteiger partial charge on any atom is -0.297 e. The van der Waals surface area contributed by atoms with Gasteiger partial charge in [-0.05, 0) is 12.1 Å². The third kappa shape index (κ3) is 2.07. The van der Waals surface area contributed by atoms with Crippen LogP contribution < -0.4 is 5.56 Å². The number of ketones is 1. The Morgan fingerprint density at radius 2 is 1.50 bits per heavy atom. The van der Waals surface area contributed by atoms with Gasteiger partial charge in [0.1, 0.15) is 5.56 Å². The zero-order valence-corrected chi connectivity index (χ0v) is 10.6. The number of aromatic amines is 1. The third-order valence-corrected chi connectivity index (χ3v) is 3.07. The molecule has 0 aliphatic rings. The van der Waals surface area contributed by atoms with E-state index in [4.69, 9.17) is 0 Å². The molecule has 0 saturated carbocycles. The standard InChI is InChI=1S/C16H12N2O2/c19-15(12-7-3-1-4-8-12)14-11-17-18(16(14)20)13-9-5-2-6-10-13/h1-11,17H. The summed E-state index contributed by atoms with van der Waals surface area (Å²) >= 11 is 0. The highest BCUT2D eigenvalue weighted by atomic mass is 16.2. The van der Waals surface area contributed by atoms with Gasteiger partial charge in [0.2, 0.25) is 0 Å². The first kappa shape index (κ1) is 12.2. The molecule has 0 bridgehead atoms. The van der Waals surface area contributed by atoms with Gasteiger partial charge < -0.3 is 0 Å². The topological polar surface area (TPSA) is 54.9 Å². The molecular weight excluding hydrogens is 252 g/mol. The molecule has 4 nitrogen and oxygen atoms in total. The molecule has 1 N–H and O–H groups in total. The van der Waals surface area contributed by atoms with Gasteiger partial charge in [-0.1, -0.05) is 48.5 Å². The number of carbonyl (C=O) groups excluding carboxylic acids is 1. The Kier molecular flexibility index (Phi) is 3.05. The van der Waals surface area contributed by atoms with Gasteiger partial charge in [0, 0.05) is 11.8 Å². The molecule has 0 spiro atoms. The summed E-state index contributed by atoms with van der Waals surface area (Å²) in [4.78, 5) is 24.6. The maximum atomic E-state index is 12.3. The van der Waals surface area contributed by atoms with Gasteiger partial charge in [-0.15, -0.1) is 0 Å². The lowest BCUT2D eigenvalue weighted by Crippen LogP contribution is -2.20. The molecule has 1 aromatic heterocycles. The van der Waals surface area contributed by atoms with Crippen molar-refractivity contribution in [3.8, 4) is 5.69 Å². The smallest absolute Gasteiger partial charge is 0.282 e. The molecule has 3 aromatic rings. The average molecular weight is 264 g/mol. The number of nitrogens with zero attached hydrogens (tertiary/aromatic N) is 1. The van der Waals surface area contributed by atoms with Crippen molar-refractivity contribution in [3.63, 3.8) is 0 Å². The van der Waals surface area contributed by atoms with Gasteiger partial charge in [0.15, 0.2) is 5.78 Å². The van der Waals surface area contributed by atoms with Crippen LogP contribution in [0.15, 0.2) is 71.7 Å². The van der Waals surface area contributed by atoms with Crippen molar-refractivity contribution in [2.45, 2.75) is 0 Å². The summed E-state index contributed by atoms with van der Waals surface area (Å²) in [6, 6.07) is 17.9. The number of H-pyrrole nitrogens is 1. The molecule has 0 aliphatic heterocycles. The maximum Gasteiger partial charge on any atom is 0.282 e. The van der Waals surface area contributed by atoms with Crippen molar-refractivity contribution in [1.82, 2.24) is 9.78 Å². The first-order chi connectivity index (χ1) is 9.77. The van der Waals surface area contributed by atoms with Crippen molar-refractivity contribution >= 4 is 5.78 Å². The van der Waals surface area contributed by atoms with Gasteiger partial charge in [0.05, 0.1) is 5.69 Å². The summed E-state index contributed by atoms with van der Waals surface area (Å²) in [6.07, 6.45) is 1.45. The van der Waals surface area contributed by atoms with E-state index < -0.39 is 0 Å². The van der Waals surface area contributed by atoms with Crippen molar-refractivity contribution in [2.24, 2.45) is 0 Å². The van der Waals surface area contributed by atoms with E-state index in [2.05, 4.69) is 5.10 Å². The van der Waals surface area contributed by atoms with Crippen LogP contribution in [0.2, 0.25) is 0 Å². The highest BCUT2D eigenvalue weighted by molar-refractivity contribution is 6.08. The highest BCUT2D eigenvalue weighted by Gasteiger charge is 2.16. The molecule has 0 fully saturated rings. The lowest BCUT2D eigenvalue weighted by molar-refractivity contribution is 0.103. The van der Waals surface area contributed by atoms with Crippen LogP contribution in [0, 0.1) is 0 Å². The largest absolute Gasteiger partial charge is 0.297 e. The van der Waals surface area contributed by atoms with E-state index >= 15 is 0 Å². The van der Waals surface area contributed by atoms with Crippen LogP contribution >= 0.6 is 0 Å². The van der Waals surface area contributed by atoms with E-state index in [9.17, 15) is 9.59 Å². The van der Waals surface area contributed by atoms with Crippen LogP contribution in [0.1, 0.15) is 15.9 Å². The van der Waals surface area contributed by atoms with E-state index in [0.29, 0.717) is 11.3 Å². The fraction of sp³-hybridized carbons (Fsp3) is 0. The summed E-state index contributed by atoms with van der Waals surface area (Å²) in [5.41, 5.74) is 0.999. The number of hydrogen-bond donors (Lipinski definition) is 1. The molecule has 20 heavy (non-hydrogen) atoms. The molecule has 1 heterocycles. The third-order valence-electron chi connectivity index (χ3n) is 3.07. The number of carbonyl (C=O) groups is 1. The molecule has 0 amide bonds. The van der Waals surface area contributed by atoms with E-state index in [0.717, 1.165) is 0 Å². The second kappa shape index (κ2) is 5.01. The molecule has 0 unspecified atom stereocenters. The molecule has 0 radical (unpaired) electrons. The highest BCUT2D eigenvalue weighted by Crippen LogP contribution is 2.08. The van der Waals surface area contributed by atoms with E-state index in [-0.39, 0.29) is 16.9 Å². The quantitative estimate of drug-likeness (QED) is 0.738. The van der Waals surface area contributed by atoms with Crippen LogP contribution in [0.25, 0.3) is 5.69 Å². The van der Waals surface area contributed by atoms with E-state index in [1.807, 2.05) is 24.3 Å². The Bertz CT molecular complexity index is 786. The fourth-order valence-corrected chi connectivity index (χ4v) is 2.05. The first-order valence-electron chi connectivity index (χ1n) is 6.23. The van der Waals surface area contributed by atoms with Gasteiger partial charge in [-0.25, -0.2) is 4.68 Å². The number of nitrogens with one attached hydrogen (secondary N) is 1. The predicted molar refractivity (Wildman–Crippen MR) is 76.3 cm³/mol. The van der Waals surface area contributed by atoms with Crippen molar-refractivity contribution < 1.29 is 4.79 Å². The molecular formula is C16H12N2O2. The minimum absolute atomic E-state index is 0.139. The van der Waals surface area contributed by atoms with E-state index in [1.165, 1.54) is 10.9 Å². The summed E-state index contributed by atoms with van der Waals surface area (Å²) in [6.45, 7) is 0. The summed E-state index contributed by atoms with van der Waals surface area (Å²) in [5.74, 6) is -0.276.